The topological polar surface area (TPSA) is 94.1 Å². The fourth-order valence-corrected chi connectivity index (χ4v) is 3.34. The second kappa shape index (κ2) is 9.11. The number of nitrogens with zero attached hydrogens (tertiary/aromatic N) is 3. The van der Waals surface area contributed by atoms with Gasteiger partial charge >= 0.3 is 0 Å². The van der Waals surface area contributed by atoms with E-state index in [4.69, 9.17) is 15.2 Å². The van der Waals surface area contributed by atoms with Crippen molar-refractivity contribution >= 4 is 17.6 Å². The first-order chi connectivity index (χ1) is 13.6. The van der Waals surface area contributed by atoms with Crippen LogP contribution in [0.5, 0.6) is 11.5 Å². The van der Waals surface area contributed by atoms with Crippen LogP contribution in [-0.4, -0.2) is 17.1 Å². The Morgan fingerprint density at radius 3 is 2.46 bits per heavy atom. The lowest BCUT2D eigenvalue weighted by molar-refractivity contribution is 0.279. The minimum absolute atomic E-state index is 0.0913. The monoisotopic (exact) mass is 392 g/mol. The van der Waals surface area contributed by atoms with Crippen molar-refractivity contribution in [2.75, 3.05) is 12.8 Å². The summed E-state index contributed by atoms with van der Waals surface area (Å²) >= 11 is 1.46. The van der Waals surface area contributed by atoms with Crippen molar-refractivity contribution in [3.05, 3.63) is 70.9 Å². The molecule has 0 aliphatic heterocycles. The Morgan fingerprint density at radius 2 is 1.79 bits per heavy atom. The maximum atomic E-state index is 9.42. The van der Waals surface area contributed by atoms with Crippen molar-refractivity contribution in [1.82, 2.24) is 9.97 Å². The van der Waals surface area contributed by atoms with Crippen LogP contribution in [0.4, 0.5) is 5.82 Å². The fourth-order valence-electron chi connectivity index (χ4n) is 2.51. The van der Waals surface area contributed by atoms with E-state index in [0.29, 0.717) is 28.1 Å². The van der Waals surface area contributed by atoms with Crippen molar-refractivity contribution in [2.24, 2.45) is 0 Å². The Kier molecular flexibility index (Phi) is 6.35. The molecule has 1 heterocycles. The standard InChI is InChI=1S/C21H20N4O2S/c1-14-7-9-15(10-8-14)13-28-21-24-17(16(11-22)20(23)25-21)12-27-19-6-4-3-5-18(19)26-2/h3-10H,12-13H2,1-2H3,(H2,23,24,25). The van der Waals surface area contributed by atoms with Crippen LogP contribution >= 0.6 is 11.8 Å². The molecule has 0 bridgehead atoms. The third-order valence-electron chi connectivity index (χ3n) is 4.03. The predicted molar refractivity (Wildman–Crippen MR) is 109 cm³/mol. The van der Waals surface area contributed by atoms with E-state index >= 15 is 0 Å². The van der Waals surface area contributed by atoms with Crippen LogP contribution in [0.3, 0.4) is 0 Å². The smallest absolute Gasteiger partial charge is 0.190 e. The molecule has 0 unspecified atom stereocenters. The highest BCUT2D eigenvalue weighted by molar-refractivity contribution is 7.98. The van der Waals surface area contributed by atoms with Crippen molar-refractivity contribution < 1.29 is 9.47 Å². The number of nitrogen functional groups attached to an aromatic ring is 1. The number of para-hydroxylation sites is 2. The zero-order valence-corrected chi connectivity index (χ0v) is 16.5. The number of nitrogens with two attached hydrogens (primary N) is 1. The zero-order valence-electron chi connectivity index (χ0n) is 15.7. The molecule has 0 aliphatic carbocycles. The second-order valence-electron chi connectivity index (χ2n) is 6.04. The van der Waals surface area contributed by atoms with Gasteiger partial charge in [0.05, 0.1) is 7.11 Å². The lowest BCUT2D eigenvalue weighted by Gasteiger charge is -2.12. The van der Waals surface area contributed by atoms with E-state index in [9.17, 15) is 5.26 Å². The van der Waals surface area contributed by atoms with Crippen LogP contribution in [0.2, 0.25) is 0 Å². The van der Waals surface area contributed by atoms with E-state index in [1.54, 1.807) is 19.2 Å². The average molecular weight is 392 g/mol. The molecule has 6 nitrogen and oxygen atoms in total. The van der Waals surface area contributed by atoms with Crippen molar-refractivity contribution in [1.29, 1.82) is 5.26 Å². The lowest BCUT2D eigenvalue weighted by Crippen LogP contribution is -2.08. The third-order valence-corrected chi connectivity index (χ3v) is 4.94. The molecule has 0 aliphatic rings. The molecule has 0 spiro atoms. The number of methoxy groups -OCH3 is 1. The molecule has 0 saturated heterocycles. The molecule has 3 rings (SSSR count). The van der Waals surface area contributed by atoms with Crippen molar-refractivity contribution in [3.8, 4) is 17.6 Å². The molecule has 2 aromatic carbocycles. The van der Waals surface area contributed by atoms with Crippen LogP contribution in [-0.2, 0) is 12.4 Å². The first-order valence-electron chi connectivity index (χ1n) is 8.61. The number of rotatable bonds is 7. The van der Waals surface area contributed by atoms with E-state index in [1.807, 2.05) is 12.1 Å². The number of thioether (sulfide) groups is 1. The maximum absolute atomic E-state index is 9.42. The summed E-state index contributed by atoms with van der Waals surface area (Å²) in [6.07, 6.45) is 0. The fraction of sp³-hybridized carbons (Fsp3) is 0.190. The van der Waals surface area contributed by atoms with Gasteiger partial charge in [0, 0.05) is 5.75 Å². The summed E-state index contributed by atoms with van der Waals surface area (Å²) in [7, 11) is 1.57. The highest BCUT2D eigenvalue weighted by atomic mass is 32.2. The molecule has 0 fully saturated rings. The lowest BCUT2D eigenvalue weighted by atomic mass is 10.2. The number of aromatic nitrogens is 2. The molecule has 2 N–H and O–H groups in total. The molecular formula is C21H20N4O2S. The van der Waals surface area contributed by atoms with Crippen LogP contribution < -0.4 is 15.2 Å². The molecular weight excluding hydrogens is 372 g/mol. The molecule has 0 saturated carbocycles. The first kappa shape index (κ1) is 19.5. The zero-order chi connectivity index (χ0) is 19.9. The van der Waals surface area contributed by atoms with E-state index in [1.165, 1.54) is 17.3 Å². The summed E-state index contributed by atoms with van der Waals surface area (Å²) in [4.78, 5) is 8.74. The van der Waals surface area contributed by atoms with Gasteiger partial charge in [0.15, 0.2) is 16.7 Å². The van der Waals surface area contributed by atoms with Gasteiger partial charge in [-0.2, -0.15) is 5.26 Å². The van der Waals surface area contributed by atoms with Gasteiger partial charge in [-0.25, -0.2) is 9.97 Å². The van der Waals surface area contributed by atoms with Crippen LogP contribution in [0, 0.1) is 18.3 Å². The number of hydrogen-bond acceptors (Lipinski definition) is 7. The first-order valence-corrected chi connectivity index (χ1v) is 9.60. The highest BCUT2D eigenvalue weighted by Gasteiger charge is 2.14. The van der Waals surface area contributed by atoms with Gasteiger partial charge in [-0.05, 0) is 24.6 Å². The summed E-state index contributed by atoms with van der Waals surface area (Å²) in [5.74, 6) is 2.04. The molecule has 0 atom stereocenters. The summed E-state index contributed by atoms with van der Waals surface area (Å²) in [6, 6.07) is 17.6. The van der Waals surface area contributed by atoms with E-state index < -0.39 is 0 Å². The normalized spacial score (nSPS) is 10.3. The van der Waals surface area contributed by atoms with Crippen molar-refractivity contribution in [2.45, 2.75) is 24.4 Å². The number of hydrogen-bond donors (Lipinski definition) is 1. The number of ether oxygens (including phenoxy) is 2. The Hall–Kier alpha value is -3.24. The van der Waals surface area contributed by atoms with E-state index in [0.717, 1.165) is 5.56 Å². The van der Waals surface area contributed by atoms with Gasteiger partial charge in [0.25, 0.3) is 0 Å². The summed E-state index contributed by atoms with van der Waals surface area (Å²) < 4.78 is 11.1. The number of benzene rings is 2. The van der Waals surface area contributed by atoms with Gasteiger partial charge in [0.2, 0.25) is 0 Å². The molecule has 0 amide bonds. The van der Waals surface area contributed by atoms with E-state index in [2.05, 4.69) is 47.2 Å². The molecule has 3 aromatic rings. The molecule has 0 radical (unpaired) electrons. The Morgan fingerprint density at radius 1 is 1.07 bits per heavy atom. The number of nitriles is 1. The van der Waals surface area contributed by atoms with Gasteiger partial charge in [0.1, 0.15) is 29.8 Å². The summed E-state index contributed by atoms with van der Waals surface area (Å²) in [5.41, 5.74) is 9.03. The van der Waals surface area contributed by atoms with Gasteiger partial charge in [-0.1, -0.05) is 53.7 Å². The minimum atomic E-state index is 0.0913. The average Bonchev–Trinajstić information content (AvgIpc) is 2.71. The minimum Gasteiger partial charge on any atom is -0.493 e. The summed E-state index contributed by atoms with van der Waals surface area (Å²) in [6.45, 7) is 2.14. The number of aryl methyl sites for hydroxylation is 1. The largest absolute Gasteiger partial charge is 0.493 e. The summed E-state index contributed by atoms with van der Waals surface area (Å²) in [5, 5.41) is 9.93. The molecule has 142 valence electrons. The van der Waals surface area contributed by atoms with Crippen LogP contribution in [0.1, 0.15) is 22.4 Å². The molecule has 1 aromatic heterocycles. The highest BCUT2D eigenvalue weighted by Crippen LogP contribution is 2.28. The van der Waals surface area contributed by atoms with Gasteiger partial charge in [-0.15, -0.1) is 0 Å². The van der Waals surface area contributed by atoms with E-state index in [-0.39, 0.29) is 18.0 Å². The Balaban J connectivity index is 1.77. The van der Waals surface area contributed by atoms with Gasteiger partial charge in [-0.3, -0.25) is 0 Å². The third kappa shape index (κ3) is 4.72. The second-order valence-corrected chi connectivity index (χ2v) is 6.98. The van der Waals surface area contributed by atoms with Crippen molar-refractivity contribution in [3.63, 3.8) is 0 Å². The van der Waals surface area contributed by atoms with Crippen LogP contribution in [0.25, 0.3) is 0 Å². The van der Waals surface area contributed by atoms with Gasteiger partial charge < -0.3 is 15.2 Å². The molecule has 28 heavy (non-hydrogen) atoms. The Labute approximate surface area is 168 Å². The molecule has 7 heteroatoms. The SMILES string of the molecule is COc1ccccc1OCc1nc(SCc2ccc(C)cc2)nc(N)c1C#N. The Bertz CT molecular complexity index is 1000. The van der Waals surface area contributed by atoms with Crippen LogP contribution in [0.15, 0.2) is 53.7 Å². The quantitative estimate of drug-likeness (QED) is 0.477. The predicted octanol–water partition coefficient (Wildman–Crippen LogP) is 4.12. The number of anilines is 1. The maximum Gasteiger partial charge on any atom is 0.190 e.